The minimum Gasteiger partial charge on any atom is -0.395 e. The molecule has 0 aromatic rings. The monoisotopic (exact) mass is 215 g/mol. The van der Waals surface area contributed by atoms with Crippen LogP contribution >= 0.6 is 23.5 Å². The topological polar surface area (TPSA) is 23.5 Å². The van der Waals surface area contributed by atoms with E-state index in [0.717, 1.165) is 31.1 Å². The molecule has 0 radical (unpaired) electrons. The predicted molar refractivity (Wildman–Crippen MR) is 60.3 cm³/mol. The van der Waals surface area contributed by atoms with Gasteiger partial charge in [-0.3, -0.25) is 4.90 Å². The Hall–Kier alpha value is 0.620. The Morgan fingerprint density at radius 3 is 1.83 bits per heavy atom. The van der Waals surface area contributed by atoms with Crippen molar-refractivity contribution in [3.8, 4) is 0 Å². The zero-order chi connectivity index (χ0) is 9.23. The minimum atomic E-state index is 0.281. The number of nitrogens with zero attached hydrogens (tertiary/aromatic N) is 1. The maximum atomic E-state index is 8.78. The van der Waals surface area contributed by atoms with Crippen LogP contribution in [0.2, 0.25) is 0 Å². The average Bonchev–Trinajstić information content (AvgIpc) is 2.10. The Morgan fingerprint density at radius 2 is 1.50 bits per heavy atom. The van der Waals surface area contributed by atoms with Crippen molar-refractivity contribution < 1.29 is 5.11 Å². The molecule has 0 aromatic carbocycles. The number of hydrogen-bond donors (Lipinski definition) is 1. The second-order valence-corrected chi connectivity index (χ2v) is 4.52. The molecule has 1 N–H and O–H groups in total. The summed E-state index contributed by atoms with van der Waals surface area (Å²) < 4.78 is 0. The molecule has 0 spiro atoms. The molecule has 0 atom stereocenters. The Morgan fingerprint density at radius 1 is 1.00 bits per heavy atom. The molecule has 0 aromatic heterocycles. The highest BCUT2D eigenvalue weighted by Gasteiger charge is 2.01. The SMILES string of the molecule is CS[13CH2][13CH2]N([13CH2][13CH2]O)[13CH2][13CH2]SC. The number of aliphatic hydroxyl groups is 1. The van der Waals surface area contributed by atoms with Crippen LogP contribution in [0.4, 0.5) is 0 Å². The summed E-state index contributed by atoms with van der Waals surface area (Å²) in [5.41, 5.74) is 0. The highest BCUT2D eigenvalue weighted by Crippen LogP contribution is 1.98. The molecular weight excluding hydrogens is 196 g/mol. The molecule has 0 fully saturated rings. The van der Waals surface area contributed by atoms with E-state index >= 15 is 0 Å². The van der Waals surface area contributed by atoms with Gasteiger partial charge in [0.15, 0.2) is 0 Å². The summed E-state index contributed by atoms with van der Waals surface area (Å²) in [7, 11) is 0. The molecule has 0 aliphatic rings. The van der Waals surface area contributed by atoms with Gasteiger partial charge < -0.3 is 5.11 Å². The summed E-state index contributed by atoms with van der Waals surface area (Å²) in [6.45, 7) is 3.30. The third kappa shape index (κ3) is 7.28. The second kappa shape index (κ2) is 9.71. The molecule has 74 valence electrons. The second-order valence-electron chi connectivity index (χ2n) is 2.55. The Balaban J connectivity index is 3.40. The Labute approximate surface area is 84.1 Å². The third-order valence-corrected chi connectivity index (χ3v) is 2.82. The lowest BCUT2D eigenvalue weighted by molar-refractivity contribution is 0.210. The fourth-order valence-electron chi connectivity index (χ4n) is 0.918. The van der Waals surface area contributed by atoms with Crippen molar-refractivity contribution in [3.05, 3.63) is 0 Å². The highest BCUT2D eigenvalue weighted by atomic mass is 32.2. The lowest BCUT2D eigenvalue weighted by atomic mass is 11.3. The zero-order valence-electron chi connectivity index (χ0n) is 7.95. The van der Waals surface area contributed by atoms with Crippen LogP contribution in [-0.2, 0) is 0 Å². The fourth-order valence-corrected chi connectivity index (χ4v) is 1.80. The van der Waals surface area contributed by atoms with Gasteiger partial charge in [0.05, 0.1) is 6.61 Å². The van der Waals surface area contributed by atoms with Gasteiger partial charge in [0.2, 0.25) is 0 Å². The summed E-state index contributed by atoms with van der Waals surface area (Å²) in [6.07, 6.45) is 4.23. The molecule has 0 saturated carbocycles. The zero-order valence-corrected chi connectivity index (χ0v) is 9.59. The van der Waals surface area contributed by atoms with E-state index in [2.05, 4.69) is 17.4 Å². The van der Waals surface area contributed by atoms with Crippen LogP contribution in [0.15, 0.2) is 0 Å². The van der Waals surface area contributed by atoms with Gasteiger partial charge in [-0.25, -0.2) is 0 Å². The van der Waals surface area contributed by atoms with E-state index in [4.69, 9.17) is 5.11 Å². The third-order valence-electron chi connectivity index (χ3n) is 1.64. The fraction of sp³-hybridized carbons (Fsp3) is 1.00. The number of aliphatic hydroxyl groups excluding tert-OH is 1. The van der Waals surface area contributed by atoms with Gasteiger partial charge in [-0.2, -0.15) is 23.5 Å². The van der Waals surface area contributed by atoms with Gasteiger partial charge in [-0.05, 0) is 12.5 Å². The van der Waals surface area contributed by atoms with E-state index in [1.54, 1.807) is 0 Å². The molecule has 12 heavy (non-hydrogen) atoms. The van der Waals surface area contributed by atoms with Crippen LogP contribution in [0.5, 0.6) is 0 Å². The van der Waals surface area contributed by atoms with Crippen molar-refractivity contribution in [1.29, 1.82) is 0 Å². The van der Waals surface area contributed by atoms with Crippen molar-refractivity contribution in [2.75, 3.05) is 50.3 Å². The lowest BCUT2D eigenvalue weighted by Crippen LogP contribution is -2.31. The van der Waals surface area contributed by atoms with E-state index in [0.29, 0.717) is 0 Å². The molecule has 0 aliphatic heterocycles. The van der Waals surface area contributed by atoms with Crippen LogP contribution < -0.4 is 0 Å². The van der Waals surface area contributed by atoms with Gasteiger partial charge >= 0.3 is 0 Å². The molecule has 4 heteroatoms. The average molecular weight is 215 g/mol. The summed E-state index contributed by atoms with van der Waals surface area (Å²) in [5.74, 6) is 2.32. The summed E-state index contributed by atoms with van der Waals surface area (Å²) >= 11 is 3.72. The normalized spacial score (nSPS) is 11.0. The van der Waals surface area contributed by atoms with Crippen molar-refractivity contribution in [2.24, 2.45) is 0 Å². The van der Waals surface area contributed by atoms with E-state index in [9.17, 15) is 0 Å². The van der Waals surface area contributed by atoms with Gasteiger partial charge in [0.1, 0.15) is 0 Å². The van der Waals surface area contributed by atoms with E-state index in [-0.39, 0.29) is 6.61 Å². The minimum absolute atomic E-state index is 0.281. The maximum absolute atomic E-state index is 8.78. The maximum Gasteiger partial charge on any atom is 0.0558 e. The number of rotatable bonds is 8. The van der Waals surface area contributed by atoms with Crippen molar-refractivity contribution in [3.63, 3.8) is 0 Å². The molecule has 0 amide bonds. The van der Waals surface area contributed by atoms with Crippen LogP contribution in [0, 0.1) is 0 Å². The van der Waals surface area contributed by atoms with E-state index < -0.39 is 0 Å². The molecule has 0 saturated heterocycles. The number of thioether (sulfide) groups is 2. The van der Waals surface area contributed by atoms with Crippen molar-refractivity contribution in [2.45, 2.75) is 0 Å². The number of hydrogen-bond acceptors (Lipinski definition) is 4. The molecule has 0 unspecified atom stereocenters. The first kappa shape index (κ1) is 12.6. The summed E-state index contributed by atoms with van der Waals surface area (Å²) in [6, 6.07) is 0. The largest absolute Gasteiger partial charge is 0.395 e. The van der Waals surface area contributed by atoms with Crippen LogP contribution in [0.3, 0.4) is 0 Å². The molecule has 0 aliphatic carbocycles. The van der Waals surface area contributed by atoms with Crippen molar-refractivity contribution >= 4 is 23.5 Å². The standard InChI is InChI=1S/C8H19NOS2/c1-11-7-4-9(3-6-10)5-8-12-2/h10H,3-8H2,1-2H3/i3+1,4+1,5+1,6+1,7+1,8+1. The predicted octanol–water partition coefficient (Wildman–Crippen LogP) is 1.01. The smallest absolute Gasteiger partial charge is 0.0558 e. The first-order chi connectivity index (χ1) is 5.85. The van der Waals surface area contributed by atoms with Gasteiger partial charge in [0, 0.05) is 31.1 Å². The van der Waals surface area contributed by atoms with Crippen LogP contribution in [0.25, 0.3) is 0 Å². The molecular formula is C8H19NOS2. The first-order valence-corrected chi connectivity index (χ1v) is 6.95. The first-order valence-electron chi connectivity index (χ1n) is 4.16. The van der Waals surface area contributed by atoms with Crippen LogP contribution in [0.1, 0.15) is 0 Å². The van der Waals surface area contributed by atoms with Gasteiger partial charge in [0.25, 0.3) is 0 Å². The van der Waals surface area contributed by atoms with Crippen LogP contribution in [-0.4, -0.2) is 60.3 Å². The quantitative estimate of drug-likeness (QED) is 0.610. The molecule has 0 rings (SSSR count). The van der Waals surface area contributed by atoms with Crippen molar-refractivity contribution in [1.82, 2.24) is 4.90 Å². The van der Waals surface area contributed by atoms with E-state index in [1.165, 1.54) is 0 Å². The van der Waals surface area contributed by atoms with Gasteiger partial charge in [-0.1, -0.05) is 0 Å². The van der Waals surface area contributed by atoms with Gasteiger partial charge in [-0.15, -0.1) is 0 Å². The molecule has 0 bridgehead atoms. The Kier molecular flexibility index (Phi) is 10.2. The Bertz CT molecular complexity index is 85.1. The lowest BCUT2D eigenvalue weighted by Gasteiger charge is -2.19. The van der Waals surface area contributed by atoms with E-state index in [1.807, 2.05) is 23.5 Å². The highest BCUT2D eigenvalue weighted by molar-refractivity contribution is 7.98. The summed E-state index contributed by atoms with van der Waals surface area (Å²) in [4.78, 5) is 2.31. The molecule has 0 heterocycles. The summed E-state index contributed by atoms with van der Waals surface area (Å²) in [5, 5.41) is 8.78. The molecule has 2 nitrogen and oxygen atoms in total.